The van der Waals surface area contributed by atoms with Crippen molar-refractivity contribution in [3.05, 3.63) is 92.5 Å². The van der Waals surface area contributed by atoms with Gasteiger partial charge in [0, 0.05) is 17.8 Å². The Hall–Kier alpha value is -3.59. The molecule has 1 N–H and O–H groups in total. The molecule has 0 spiro atoms. The number of aryl methyl sites for hydroxylation is 1. The van der Waals surface area contributed by atoms with Gasteiger partial charge < -0.3 is 10.1 Å². The topological polar surface area (TPSA) is 81.5 Å². The standard InChI is InChI=1S/C21H14ClF3N2O4/c1-12-10-16(31-15-5-2-13(3-6-15)21(23,24)25)7-9-19(12)26-20(28)17-11-14(27(29)30)4-8-18(17)22/h2-11H,1H3,(H,26,28). The van der Waals surface area contributed by atoms with Gasteiger partial charge in [0.05, 0.1) is 21.1 Å². The molecule has 31 heavy (non-hydrogen) atoms. The van der Waals surface area contributed by atoms with E-state index in [9.17, 15) is 28.1 Å². The molecule has 0 aliphatic rings. The van der Waals surface area contributed by atoms with Gasteiger partial charge in [-0.1, -0.05) is 11.6 Å². The largest absolute Gasteiger partial charge is 0.457 e. The fourth-order valence-corrected chi connectivity index (χ4v) is 2.88. The average molecular weight is 451 g/mol. The molecule has 0 aliphatic heterocycles. The number of hydrogen-bond acceptors (Lipinski definition) is 4. The number of nitrogens with one attached hydrogen (secondary N) is 1. The molecule has 0 aliphatic carbocycles. The molecular weight excluding hydrogens is 437 g/mol. The number of nitrogens with zero attached hydrogens (tertiary/aromatic N) is 1. The molecule has 0 bridgehead atoms. The van der Waals surface area contributed by atoms with Gasteiger partial charge in [-0.15, -0.1) is 0 Å². The first kappa shape index (κ1) is 22.1. The second-order valence-corrected chi connectivity index (χ2v) is 6.88. The van der Waals surface area contributed by atoms with Crippen LogP contribution >= 0.6 is 11.6 Å². The van der Waals surface area contributed by atoms with Crippen LogP contribution in [0.5, 0.6) is 11.5 Å². The number of nitro groups is 1. The van der Waals surface area contributed by atoms with E-state index in [2.05, 4.69) is 5.32 Å². The Morgan fingerprint density at radius 3 is 2.26 bits per heavy atom. The van der Waals surface area contributed by atoms with E-state index in [1.54, 1.807) is 13.0 Å². The quantitative estimate of drug-likeness (QED) is 0.350. The van der Waals surface area contributed by atoms with Crippen LogP contribution in [-0.2, 0) is 6.18 Å². The number of benzene rings is 3. The molecular formula is C21H14ClF3N2O4. The third kappa shape index (κ3) is 5.32. The van der Waals surface area contributed by atoms with Gasteiger partial charge in [0.1, 0.15) is 11.5 Å². The summed E-state index contributed by atoms with van der Waals surface area (Å²) >= 11 is 5.98. The lowest BCUT2D eigenvalue weighted by Crippen LogP contribution is -2.13. The number of ether oxygens (including phenoxy) is 1. The van der Waals surface area contributed by atoms with Crippen molar-refractivity contribution in [2.75, 3.05) is 5.32 Å². The molecule has 0 atom stereocenters. The fraction of sp³-hybridized carbons (Fsp3) is 0.0952. The van der Waals surface area contributed by atoms with Gasteiger partial charge in [-0.2, -0.15) is 13.2 Å². The Balaban J connectivity index is 1.75. The first-order valence-electron chi connectivity index (χ1n) is 8.75. The predicted octanol–water partition coefficient (Wildman–Crippen LogP) is 6.62. The molecule has 3 aromatic rings. The summed E-state index contributed by atoms with van der Waals surface area (Å²) in [6.45, 7) is 1.68. The number of anilines is 1. The zero-order valence-corrected chi connectivity index (χ0v) is 16.6. The number of carbonyl (C=O) groups excluding carboxylic acids is 1. The van der Waals surface area contributed by atoms with Crippen molar-refractivity contribution < 1.29 is 27.6 Å². The molecule has 0 unspecified atom stereocenters. The smallest absolute Gasteiger partial charge is 0.416 e. The van der Waals surface area contributed by atoms with Gasteiger partial charge in [0.15, 0.2) is 0 Å². The van der Waals surface area contributed by atoms with E-state index in [-0.39, 0.29) is 22.0 Å². The summed E-state index contributed by atoms with van der Waals surface area (Å²) in [4.78, 5) is 22.8. The van der Waals surface area contributed by atoms with Crippen molar-refractivity contribution in [2.24, 2.45) is 0 Å². The van der Waals surface area contributed by atoms with Crippen LogP contribution in [0.4, 0.5) is 24.5 Å². The molecule has 0 saturated heterocycles. The molecule has 3 rings (SSSR count). The molecule has 1 amide bonds. The Kier molecular flexibility index (Phi) is 6.16. The van der Waals surface area contributed by atoms with E-state index < -0.39 is 22.6 Å². The lowest BCUT2D eigenvalue weighted by Gasteiger charge is -2.12. The zero-order valence-electron chi connectivity index (χ0n) is 15.9. The molecule has 160 valence electrons. The van der Waals surface area contributed by atoms with Crippen molar-refractivity contribution >= 4 is 28.9 Å². The third-order valence-electron chi connectivity index (χ3n) is 4.27. The van der Waals surface area contributed by atoms with Crippen LogP contribution in [0.25, 0.3) is 0 Å². The number of halogens is 4. The van der Waals surface area contributed by atoms with Crippen molar-refractivity contribution in [3.8, 4) is 11.5 Å². The molecule has 3 aromatic carbocycles. The van der Waals surface area contributed by atoms with Gasteiger partial charge >= 0.3 is 6.18 Å². The minimum absolute atomic E-state index is 0.0552. The number of rotatable bonds is 5. The lowest BCUT2D eigenvalue weighted by atomic mass is 10.1. The molecule has 6 nitrogen and oxygen atoms in total. The highest BCUT2D eigenvalue weighted by Crippen LogP contribution is 2.32. The Morgan fingerprint density at radius 2 is 1.68 bits per heavy atom. The monoisotopic (exact) mass is 450 g/mol. The van der Waals surface area contributed by atoms with Crippen LogP contribution in [0.1, 0.15) is 21.5 Å². The van der Waals surface area contributed by atoms with Gasteiger partial charge in [0.2, 0.25) is 0 Å². The SMILES string of the molecule is Cc1cc(Oc2ccc(C(F)(F)F)cc2)ccc1NC(=O)c1cc([N+](=O)[O-])ccc1Cl. The Labute approximate surface area is 179 Å². The number of carbonyl (C=O) groups is 1. The van der Waals surface area contributed by atoms with Gasteiger partial charge in [0.25, 0.3) is 11.6 Å². The molecule has 0 fully saturated rings. The minimum atomic E-state index is -4.43. The van der Waals surface area contributed by atoms with Gasteiger partial charge in [-0.25, -0.2) is 0 Å². The van der Waals surface area contributed by atoms with Crippen LogP contribution in [-0.4, -0.2) is 10.8 Å². The Bertz CT molecular complexity index is 1150. The highest BCUT2D eigenvalue weighted by atomic mass is 35.5. The maximum atomic E-state index is 12.6. The van der Waals surface area contributed by atoms with E-state index >= 15 is 0 Å². The van der Waals surface area contributed by atoms with Gasteiger partial charge in [-0.3, -0.25) is 14.9 Å². The number of alkyl halides is 3. The van der Waals surface area contributed by atoms with Crippen LogP contribution < -0.4 is 10.1 Å². The van der Waals surface area contributed by atoms with E-state index in [0.717, 1.165) is 18.2 Å². The summed E-state index contributed by atoms with van der Waals surface area (Å²) in [6, 6.07) is 12.4. The Morgan fingerprint density at radius 1 is 1.03 bits per heavy atom. The lowest BCUT2D eigenvalue weighted by molar-refractivity contribution is -0.384. The van der Waals surface area contributed by atoms with Crippen molar-refractivity contribution in [2.45, 2.75) is 13.1 Å². The summed E-state index contributed by atoms with van der Waals surface area (Å²) in [6.07, 6.45) is -4.43. The fourth-order valence-electron chi connectivity index (χ4n) is 2.68. The van der Waals surface area contributed by atoms with E-state index in [4.69, 9.17) is 16.3 Å². The van der Waals surface area contributed by atoms with Crippen molar-refractivity contribution in [1.29, 1.82) is 0 Å². The second-order valence-electron chi connectivity index (χ2n) is 6.48. The third-order valence-corrected chi connectivity index (χ3v) is 4.60. The molecule has 0 heterocycles. The normalized spacial score (nSPS) is 11.1. The second kappa shape index (κ2) is 8.65. The van der Waals surface area contributed by atoms with Crippen LogP contribution in [0.2, 0.25) is 5.02 Å². The average Bonchev–Trinajstić information content (AvgIpc) is 2.70. The maximum Gasteiger partial charge on any atom is 0.416 e. The molecule has 0 aromatic heterocycles. The first-order chi connectivity index (χ1) is 14.5. The summed E-state index contributed by atoms with van der Waals surface area (Å²) in [7, 11) is 0. The number of non-ortho nitro benzene ring substituents is 1. The van der Waals surface area contributed by atoms with Crippen LogP contribution in [0, 0.1) is 17.0 Å². The van der Waals surface area contributed by atoms with Crippen molar-refractivity contribution in [3.63, 3.8) is 0 Å². The van der Waals surface area contributed by atoms with Crippen LogP contribution in [0.3, 0.4) is 0 Å². The molecule has 0 saturated carbocycles. The maximum absolute atomic E-state index is 12.6. The van der Waals surface area contributed by atoms with E-state index in [1.807, 2.05) is 0 Å². The zero-order chi connectivity index (χ0) is 22.8. The van der Waals surface area contributed by atoms with E-state index in [0.29, 0.717) is 17.0 Å². The number of hydrogen-bond donors (Lipinski definition) is 1. The molecule has 0 radical (unpaired) electrons. The van der Waals surface area contributed by atoms with E-state index in [1.165, 1.54) is 36.4 Å². The highest BCUT2D eigenvalue weighted by Gasteiger charge is 2.30. The highest BCUT2D eigenvalue weighted by molar-refractivity contribution is 6.34. The summed E-state index contributed by atoms with van der Waals surface area (Å²) in [5, 5.41) is 13.6. The summed E-state index contributed by atoms with van der Waals surface area (Å²) in [5.41, 5.74) is -0.104. The predicted molar refractivity (Wildman–Crippen MR) is 109 cm³/mol. The van der Waals surface area contributed by atoms with Crippen molar-refractivity contribution in [1.82, 2.24) is 0 Å². The summed E-state index contributed by atoms with van der Waals surface area (Å²) < 4.78 is 43.5. The van der Waals surface area contributed by atoms with Gasteiger partial charge in [-0.05, 0) is 61.0 Å². The summed E-state index contributed by atoms with van der Waals surface area (Å²) in [5.74, 6) is -0.0654. The minimum Gasteiger partial charge on any atom is -0.457 e. The number of nitro benzene ring substituents is 1. The first-order valence-corrected chi connectivity index (χ1v) is 9.13. The molecule has 10 heteroatoms. The van der Waals surface area contributed by atoms with Crippen LogP contribution in [0.15, 0.2) is 60.7 Å². The number of amides is 1.